The third kappa shape index (κ3) is 5.21. The second-order valence-corrected chi connectivity index (χ2v) is 6.73. The van der Waals surface area contributed by atoms with Crippen molar-refractivity contribution >= 4 is 12.0 Å². The smallest absolute Gasteiger partial charge is 0.315 e. The largest absolute Gasteiger partial charge is 0.481 e. The molecule has 2 amide bonds. The molecule has 0 heterocycles. The quantitative estimate of drug-likeness (QED) is 0.682. The first kappa shape index (κ1) is 16.1. The summed E-state index contributed by atoms with van der Waals surface area (Å²) in [5.41, 5.74) is 0.578. The second-order valence-electron chi connectivity index (χ2n) is 6.73. The lowest BCUT2D eigenvalue weighted by Crippen LogP contribution is -2.45. The van der Waals surface area contributed by atoms with Crippen molar-refractivity contribution in [1.82, 2.24) is 10.6 Å². The van der Waals surface area contributed by atoms with E-state index in [0.29, 0.717) is 18.4 Å². The van der Waals surface area contributed by atoms with E-state index >= 15 is 0 Å². The van der Waals surface area contributed by atoms with Crippen molar-refractivity contribution in [1.29, 1.82) is 0 Å². The molecule has 2 aliphatic rings. The van der Waals surface area contributed by atoms with Gasteiger partial charge in [-0.1, -0.05) is 19.3 Å². The van der Waals surface area contributed by atoms with Gasteiger partial charge in [-0.15, -0.1) is 0 Å². The van der Waals surface area contributed by atoms with Crippen LogP contribution in [0.1, 0.15) is 70.6 Å². The molecule has 0 aromatic carbocycles. The van der Waals surface area contributed by atoms with E-state index in [-0.39, 0.29) is 18.5 Å². The molecule has 0 aromatic rings. The Morgan fingerprint density at radius 2 is 1.71 bits per heavy atom. The predicted molar refractivity (Wildman–Crippen MR) is 81.2 cm³/mol. The number of carboxylic acid groups (broad SMARTS) is 1. The van der Waals surface area contributed by atoms with Gasteiger partial charge in [0.2, 0.25) is 0 Å². The molecule has 0 unspecified atom stereocenters. The first-order valence-electron chi connectivity index (χ1n) is 8.36. The Morgan fingerprint density at radius 1 is 1.05 bits per heavy atom. The van der Waals surface area contributed by atoms with Gasteiger partial charge in [-0.05, 0) is 50.4 Å². The zero-order valence-corrected chi connectivity index (χ0v) is 12.8. The minimum absolute atomic E-state index is 0.103. The number of amides is 2. The summed E-state index contributed by atoms with van der Waals surface area (Å²) >= 11 is 0. The normalized spacial score (nSPS) is 21.9. The van der Waals surface area contributed by atoms with Crippen LogP contribution < -0.4 is 10.6 Å². The van der Waals surface area contributed by atoms with Crippen LogP contribution in [-0.4, -0.2) is 29.7 Å². The van der Waals surface area contributed by atoms with Crippen LogP contribution in [0, 0.1) is 5.41 Å². The third-order valence-electron chi connectivity index (χ3n) is 5.15. The SMILES string of the molecule is O=C(O)CCCNC(=O)NC1CCC2(CCCCC2)CC1. The van der Waals surface area contributed by atoms with Crippen molar-refractivity contribution in [3.05, 3.63) is 0 Å². The highest BCUT2D eigenvalue weighted by Gasteiger charge is 2.36. The maximum atomic E-state index is 11.8. The third-order valence-corrected chi connectivity index (χ3v) is 5.15. The summed E-state index contributed by atoms with van der Waals surface area (Å²) in [6, 6.07) is 0.141. The Balaban J connectivity index is 1.61. The van der Waals surface area contributed by atoms with Crippen molar-refractivity contribution in [2.45, 2.75) is 76.7 Å². The van der Waals surface area contributed by atoms with E-state index in [1.807, 2.05) is 0 Å². The molecule has 2 aliphatic carbocycles. The first-order valence-corrected chi connectivity index (χ1v) is 8.36. The molecule has 5 nitrogen and oxygen atoms in total. The highest BCUT2D eigenvalue weighted by atomic mass is 16.4. The van der Waals surface area contributed by atoms with Gasteiger partial charge in [-0.3, -0.25) is 4.79 Å². The number of carbonyl (C=O) groups excluding carboxylic acids is 1. The van der Waals surface area contributed by atoms with E-state index in [1.54, 1.807) is 0 Å². The van der Waals surface area contributed by atoms with Crippen molar-refractivity contribution < 1.29 is 14.7 Å². The van der Waals surface area contributed by atoms with E-state index in [0.717, 1.165) is 12.8 Å². The Labute approximate surface area is 126 Å². The van der Waals surface area contributed by atoms with Crippen LogP contribution in [0.4, 0.5) is 4.79 Å². The van der Waals surface area contributed by atoms with E-state index in [2.05, 4.69) is 10.6 Å². The Bertz CT molecular complexity index is 355. The topological polar surface area (TPSA) is 78.4 Å². The van der Waals surface area contributed by atoms with Gasteiger partial charge in [0.05, 0.1) is 0 Å². The van der Waals surface area contributed by atoms with Gasteiger partial charge < -0.3 is 15.7 Å². The predicted octanol–water partition coefficient (Wildman–Crippen LogP) is 3.04. The summed E-state index contributed by atoms with van der Waals surface area (Å²) in [5, 5.41) is 14.3. The van der Waals surface area contributed by atoms with Gasteiger partial charge in [0.1, 0.15) is 0 Å². The molecule has 0 aliphatic heterocycles. The van der Waals surface area contributed by atoms with Crippen molar-refractivity contribution in [3.8, 4) is 0 Å². The lowest BCUT2D eigenvalue weighted by molar-refractivity contribution is -0.137. The lowest BCUT2D eigenvalue weighted by atomic mass is 9.64. The number of carboxylic acids is 1. The molecule has 2 fully saturated rings. The molecule has 120 valence electrons. The van der Waals surface area contributed by atoms with Gasteiger partial charge in [-0.25, -0.2) is 4.79 Å². The molecule has 0 saturated heterocycles. The fourth-order valence-electron chi connectivity index (χ4n) is 3.85. The molecule has 2 saturated carbocycles. The highest BCUT2D eigenvalue weighted by Crippen LogP contribution is 2.47. The molecule has 21 heavy (non-hydrogen) atoms. The van der Waals surface area contributed by atoms with Crippen molar-refractivity contribution in [3.63, 3.8) is 0 Å². The molecule has 0 aromatic heterocycles. The summed E-state index contributed by atoms with van der Waals surface area (Å²) < 4.78 is 0. The van der Waals surface area contributed by atoms with E-state index in [4.69, 9.17) is 5.11 Å². The van der Waals surface area contributed by atoms with Crippen molar-refractivity contribution in [2.24, 2.45) is 5.41 Å². The summed E-state index contributed by atoms with van der Waals surface area (Å²) in [5.74, 6) is -0.817. The van der Waals surface area contributed by atoms with Crippen molar-refractivity contribution in [2.75, 3.05) is 6.54 Å². The van der Waals surface area contributed by atoms with Crippen LogP contribution in [0.15, 0.2) is 0 Å². The Hall–Kier alpha value is -1.26. The maximum Gasteiger partial charge on any atom is 0.315 e. The van der Waals surface area contributed by atoms with Crippen LogP contribution in [0.3, 0.4) is 0 Å². The molecular formula is C16H28N2O3. The van der Waals surface area contributed by atoms with Gasteiger partial charge in [0.25, 0.3) is 0 Å². The number of nitrogens with one attached hydrogen (secondary N) is 2. The van der Waals surface area contributed by atoms with Gasteiger partial charge in [0, 0.05) is 19.0 Å². The number of carbonyl (C=O) groups is 2. The molecule has 0 bridgehead atoms. The molecular weight excluding hydrogens is 268 g/mol. The van der Waals surface area contributed by atoms with Crippen LogP contribution in [0.25, 0.3) is 0 Å². The maximum absolute atomic E-state index is 11.8. The molecule has 5 heteroatoms. The van der Waals surface area contributed by atoms with Crippen LogP contribution in [0.2, 0.25) is 0 Å². The zero-order chi connectivity index (χ0) is 15.1. The minimum Gasteiger partial charge on any atom is -0.481 e. The fourth-order valence-corrected chi connectivity index (χ4v) is 3.85. The van der Waals surface area contributed by atoms with E-state index in [9.17, 15) is 9.59 Å². The Kier molecular flexibility index (Phi) is 5.88. The summed E-state index contributed by atoms with van der Waals surface area (Å²) in [7, 11) is 0. The van der Waals surface area contributed by atoms with Gasteiger partial charge in [-0.2, -0.15) is 0 Å². The summed E-state index contributed by atoms with van der Waals surface area (Å²) in [6.07, 6.45) is 12.1. The van der Waals surface area contributed by atoms with Crippen LogP contribution >= 0.6 is 0 Å². The number of aliphatic carboxylic acids is 1. The monoisotopic (exact) mass is 296 g/mol. The average molecular weight is 296 g/mol. The second kappa shape index (κ2) is 7.66. The Morgan fingerprint density at radius 3 is 2.33 bits per heavy atom. The van der Waals surface area contributed by atoms with Crippen LogP contribution in [0.5, 0.6) is 0 Å². The highest BCUT2D eigenvalue weighted by molar-refractivity contribution is 5.74. The first-order chi connectivity index (χ1) is 10.1. The standard InChI is InChI=1S/C16H28N2O3/c19-14(20)5-4-12-17-15(21)18-13-6-10-16(11-7-13)8-2-1-3-9-16/h13H,1-12H2,(H,19,20)(H2,17,18,21). The fraction of sp³-hybridized carbons (Fsp3) is 0.875. The van der Waals surface area contributed by atoms with Gasteiger partial charge >= 0.3 is 12.0 Å². The van der Waals surface area contributed by atoms with E-state index < -0.39 is 5.97 Å². The summed E-state index contributed by atoms with van der Waals surface area (Å²) in [6.45, 7) is 0.425. The minimum atomic E-state index is -0.817. The zero-order valence-electron chi connectivity index (χ0n) is 12.8. The van der Waals surface area contributed by atoms with E-state index in [1.165, 1.54) is 44.9 Å². The lowest BCUT2D eigenvalue weighted by Gasteiger charge is -2.43. The summed E-state index contributed by atoms with van der Waals surface area (Å²) in [4.78, 5) is 22.1. The molecule has 3 N–H and O–H groups in total. The number of urea groups is 1. The van der Waals surface area contributed by atoms with Crippen LogP contribution in [-0.2, 0) is 4.79 Å². The molecule has 0 atom stereocenters. The molecule has 1 spiro atoms. The number of hydrogen-bond acceptors (Lipinski definition) is 2. The average Bonchev–Trinajstić information content (AvgIpc) is 2.47. The number of hydrogen-bond donors (Lipinski definition) is 3. The van der Waals surface area contributed by atoms with Gasteiger partial charge in [0.15, 0.2) is 0 Å². The molecule has 0 radical (unpaired) electrons. The molecule has 2 rings (SSSR count). The number of rotatable bonds is 5.